The number of aryl methyl sites for hydroxylation is 1. The molecule has 1 saturated carbocycles. The summed E-state index contributed by atoms with van der Waals surface area (Å²) >= 11 is 13.1. The molecule has 0 spiro atoms. The van der Waals surface area contributed by atoms with Gasteiger partial charge in [0.2, 0.25) is 11.8 Å². The summed E-state index contributed by atoms with van der Waals surface area (Å²) in [6.45, 7) is 1.23. The fourth-order valence-corrected chi connectivity index (χ4v) is 7.76. The van der Waals surface area contributed by atoms with Crippen LogP contribution in [0.3, 0.4) is 0 Å². The van der Waals surface area contributed by atoms with Gasteiger partial charge in [-0.25, -0.2) is 8.42 Å². The molecule has 8 nitrogen and oxygen atoms in total. The summed E-state index contributed by atoms with van der Waals surface area (Å²) in [6.07, 6.45) is 3.99. The molecule has 1 atom stereocenters. The van der Waals surface area contributed by atoms with Crippen LogP contribution in [0.5, 0.6) is 5.75 Å². The van der Waals surface area contributed by atoms with Gasteiger partial charge in [0.15, 0.2) is 0 Å². The first-order valence-electron chi connectivity index (χ1n) is 15.9. The van der Waals surface area contributed by atoms with E-state index in [0.717, 1.165) is 41.1 Å². The number of ether oxygens (including phenoxy) is 1. The molecular formula is C37H39Cl2N3O5S. The molecule has 252 valence electrons. The number of anilines is 1. The predicted octanol–water partition coefficient (Wildman–Crippen LogP) is 7.20. The molecular weight excluding hydrogens is 669 g/mol. The Morgan fingerprint density at radius 2 is 1.56 bits per heavy atom. The predicted molar refractivity (Wildman–Crippen MR) is 190 cm³/mol. The second kappa shape index (κ2) is 15.9. The van der Waals surface area contributed by atoms with Gasteiger partial charge in [-0.2, -0.15) is 0 Å². The van der Waals surface area contributed by atoms with Crippen molar-refractivity contribution in [1.29, 1.82) is 0 Å². The van der Waals surface area contributed by atoms with Crippen molar-refractivity contribution >= 4 is 50.7 Å². The Morgan fingerprint density at radius 3 is 2.21 bits per heavy atom. The van der Waals surface area contributed by atoms with Gasteiger partial charge < -0.3 is 15.0 Å². The highest BCUT2D eigenvalue weighted by Crippen LogP contribution is 2.33. The number of hydrogen-bond acceptors (Lipinski definition) is 5. The van der Waals surface area contributed by atoms with E-state index in [-0.39, 0.29) is 40.5 Å². The summed E-state index contributed by atoms with van der Waals surface area (Å²) in [5.41, 5.74) is 2.53. The monoisotopic (exact) mass is 707 g/mol. The van der Waals surface area contributed by atoms with Crippen LogP contribution in [0.2, 0.25) is 10.0 Å². The summed E-state index contributed by atoms with van der Waals surface area (Å²) in [6, 6.07) is 26.5. The number of hydrogen-bond donors (Lipinski definition) is 1. The molecule has 48 heavy (non-hydrogen) atoms. The number of nitrogens with one attached hydrogen (secondary N) is 1. The Bertz CT molecular complexity index is 1830. The molecule has 1 N–H and O–H groups in total. The molecule has 0 aromatic heterocycles. The number of benzene rings is 4. The van der Waals surface area contributed by atoms with Gasteiger partial charge in [-0.15, -0.1) is 0 Å². The molecule has 0 unspecified atom stereocenters. The number of nitrogens with zero attached hydrogens (tertiary/aromatic N) is 2. The van der Waals surface area contributed by atoms with Gasteiger partial charge in [-0.05, 0) is 67.3 Å². The number of carbonyl (C=O) groups excluding carboxylic acids is 2. The molecule has 0 radical (unpaired) electrons. The highest BCUT2D eigenvalue weighted by atomic mass is 35.5. The zero-order valence-corrected chi connectivity index (χ0v) is 29.3. The first-order chi connectivity index (χ1) is 23.1. The highest BCUT2D eigenvalue weighted by Gasteiger charge is 2.36. The van der Waals surface area contributed by atoms with Gasteiger partial charge in [-0.3, -0.25) is 13.9 Å². The Morgan fingerprint density at radius 1 is 0.896 bits per heavy atom. The van der Waals surface area contributed by atoms with Crippen molar-refractivity contribution in [3.8, 4) is 5.75 Å². The van der Waals surface area contributed by atoms with E-state index in [0.29, 0.717) is 16.3 Å². The van der Waals surface area contributed by atoms with Crippen LogP contribution in [0, 0.1) is 6.92 Å². The van der Waals surface area contributed by atoms with Crippen molar-refractivity contribution in [1.82, 2.24) is 10.2 Å². The zero-order valence-electron chi connectivity index (χ0n) is 26.9. The van der Waals surface area contributed by atoms with Crippen LogP contribution in [0.25, 0.3) is 0 Å². The maximum atomic E-state index is 14.7. The lowest BCUT2D eigenvalue weighted by molar-refractivity contribution is -0.140. The summed E-state index contributed by atoms with van der Waals surface area (Å²) in [5, 5.41) is 3.78. The minimum atomic E-state index is -4.28. The Balaban J connectivity index is 1.59. The summed E-state index contributed by atoms with van der Waals surface area (Å²) < 4.78 is 34.9. The average Bonchev–Trinajstić information content (AvgIpc) is 3.59. The average molecular weight is 709 g/mol. The van der Waals surface area contributed by atoms with Crippen LogP contribution in [0.4, 0.5) is 5.69 Å². The molecule has 2 amide bonds. The number of sulfonamides is 1. The summed E-state index contributed by atoms with van der Waals surface area (Å²) in [7, 11) is -2.82. The van der Waals surface area contributed by atoms with Crippen LogP contribution in [-0.2, 0) is 32.6 Å². The molecule has 1 aliphatic rings. The standard InChI is InChI=1S/C37H39Cl2N3O5S/c1-26-16-19-31(20-17-26)48(45,46)42(30-18-21-35(47-2)33(39)23-30)25-36(43)41(24-28-12-6-9-15-32(28)38)34(22-27-10-4-3-5-11-27)37(44)40-29-13-7-8-14-29/h3-6,9-12,15-21,23,29,34H,7-8,13-14,22,24-25H2,1-2H3,(H,40,44)/t34-/m1/s1. The third-order valence-corrected chi connectivity index (χ3v) is 11.0. The Labute approximate surface area is 292 Å². The molecule has 0 saturated heterocycles. The van der Waals surface area contributed by atoms with Gasteiger partial charge in [0.1, 0.15) is 18.3 Å². The van der Waals surface area contributed by atoms with Crippen LogP contribution in [0.1, 0.15) is 42.4 Å². The lowest BCUT2D eigenvalue weighted by Gasteiger charge is -2.34. The second-order valence-corrected chi connectivity index (χ2v) is 14.6. The number of carbonyl (C=O) groups is 2. The summed E-state index contributed by atoms with van der Waals surface area (Å²) in [5.74, 6) is -0.530. The van der Waals surface area contributed by atoms with E-state index in [1.165, 1.54) is 36.3 Å². The SMILES string of the molecule is COc1ccc(N(CC(=O)N(Cc2ccccc2Cl)[C@H](Cc2ccccc2)C(=O)NC2CCCC2)S(=O)(=O)c2ccc(C)cc2)cc1Cl. The number of rotatable bonds is 13. The lowest BCUT2D eigenvalue weighted by Crippen LogP contribution is -2.54. The number of amides is 2. The normalized spacial score (nSPS) is 13.9. The Kier molecular flexibility index (Phi) is 11.7. The molecule has 11 heteroatoms. The van der Waals surface area contributed by atoms with Crippen LogP contribution >= 0.6 is 23.2 Å². The zero-order chi connectivity index (χ0) is 34.3. The molecule has 1 fully saturated rings. The molecule has 5 rings (SSSR count). The van der Waals surface area contributed by atoms with Crippen LogP contribution < -0.4 is 14.4 Å². The van der Waals surface area contributed by atoms with Crippen molar-refractivity contribution in [3.05, 3.63) is 124 Å². The van der Waals surface area contributed by atoms with Gasteiger partial charge in [-0.1, -0.05) is 102 Å². The first kappa shape index (κ1) is 35.3. The quantitative estimate of drug-likeness (QED) is 0.159. The van der Waals surface area contributed by atoms with Gasteiger partial charge in [0.25, 0.3) is 10.0 Å². The maximum absolute atomic E-state index is 14.7. The number of methoxy groups -OCH3 is 1. The molecule has 0 bridgehead atoms. The van der Waals surface area contributed by atoms with Gasteiger partial charge >= 0.3 is 0 Å². The highest BCUT2D eigenvalue weighted by molar-refractivity contribution is 7.92. The van der Waals surface area contributed by atoms with E-state index in [1.807, 2.05) is 43.3 Å². The fourth-order valence-electron chi connectivity index (χ4n) is 5.91. The van der Waals surface area contributed by atoms with Crippen molar-refractivity contribution in [3.63, 3.8) is 0 Å². The van der Waals surface area contributed by atoms with Gasteiger partial charge in [0, 0.05) is 24.0 Å². The minimum Gasteiger partial charge on any atom is -0.495 e. The second-order valence-electron chi connectivity index (χ2n) is 12.0. The molecule has 1 aliphatic carbocycles. The fraction of sp³-hybridized carbons (Fsp3) is 0.297. The van der Waals surface area contributed by atoms with E-state index < -0.39 is 28.5 Å². The van der Waals surface area contributed by atoms with Gasteiger partial charge in [0.05, 0.1) is 22.7 Å². The van der Waals surface area contributed by atoms with Crippen molar-refractivity contribution in [2.45, 2.75) is 62.6 Å². The summed E-state index contributed by atoms with van der Waals surface area (Å²) in [4.78, 5) is 30.3. The molecule has 4 aromatic carbocycles. The third-order valence-electron chi connectivity index (χ3n) is 8.58. The van der Waals surface area contributed by atoms with Crippen molar-refractivity contribution in [2.75, 3.05) is 18.0 Å². The van der Waals surface area contributed by atoms with Crippen LogP contribution in [0.15, 0.2) is 102 Å². The minimum absolute atomic E-state index is 0.00491. The third kappa shape index (κ3) is 8.50. The van der Waals surface area contributed by atoms with Crippen molar-refractivity contribution < 1.29 is 22.7 Å². The Hall–Kier alpha value is -4.05. The van der Waals surface area contributed by atoms with E-state index in [9.17, 15) is 18.0 Å². The molecule has 0 aliphatic heterocycles. The first-order valence-corrected chi connectivity index (χ1v) is 18.1. The van der Waals surface area contributed by atoms with E-state index in [1.54, 1.807) is 36.4 Å². The largest absolute Gasteiger partial charge is 0.495 e. The lowest BCUT2D eigenvalue weighted by atomic mass is 10.0. The topological polar surface area (TPSA) is 96.0 Å². The van der Waals surface area contributed by atoms with Crippen LogP contribution in [-0.4, -0.2) is 50.9 Å². The molecule has 4 aromatic rings. The number of halogens is 2. The van der Waals surface area contributed by atoms with Crippen molar-refractivity contribution in [2.24, 2.45) is 0 Å². The van der Waals surface area contributed by atoms with E-state index in [4.69, 9.17) is 27.9 Å². The van der Waals surface area contributed by atoms with E-state index in [2.05, 4.69) is 5.32 Å². The maximum Gasteiger partial charge on any atom is 0.264 e. The smallest absolute Gasteiger partial charge is 0.264 e. The molecule has 0 heterocycles. The van der Waals surface area contributed by atoms with E-state index >= 15 is 0 Å².